The van der Waals surface area contributed by atoms with Crippen molar-refractivity contribution in [1.82, 2.24) is 4.72 Å². The Bertz CT molecular complexity index is 965. The van der Waals surface area contributed by atoms with Crippen molar-refractivity contribution in [2.75, 3.05) is 0 Å². The molecule has 1 aromatic heterocycles. The van der Waals surface area contributed by atoms with E-state index < -0.39 is 16.1 Å². The minimum atomic E-state index is -3.79. The van der Waals surface area contributed by atoms with Gasteiger partial charge < -0.3 is 0 Å². The molecule has 0 fully saturated rings. The third-order valence-electron chi connectivity index (χ3n) is 3.78. The van der Waals surface area contributed by atoms with Crippen molar-refractivity contribution in [2.45, 2.75) is 17.9 Å². The molecule has 25 heavy (non-hydrogen) atoms. The van der Waals surface area contributed by atoms with Crippen molar-refractivity contribution in [3.05, 3.63) is 88.1 Å². The lowest BCUT2D eigenvalue weighted by Crippen LogP contribution is -2.29. The molecule has 0 bridgehead atoms. The molecule has 4 nitrogen and oxygen atoms in total. The van der Waals surface area contributed by atoms with Crippen LogP contribution >= 0.6 is 11.3 Å². The molecule has 0 aliphatic carbocycles. The number of ketones is 1. The van der Waals surface area contributed by atoms with Crippen LogP contribution in [0, 0.1) is 0 Å². The highest BCUT2D eigenvalue weighted by Crippen LogP contribution is 2.28. The highest BCUT2D eigenvalue weighted by Gasteiger charge is 2.24. The number of Topliss-reactive ketones (excluding diaryl/α,β-unsaturated/α-hetero) is 1. The predicted octanol–water partition coefficient (Wildman–Crippen LogP) is 4.02. The molecule has 1 N–H and O–H groups in total. The molecule has 0 saturated heterocycles. The number of hydrogen-bond acceptors (Lipinski definition) is 4. The van der Waals surface area contributed by atoms with E-state index in [1.54, 1.807) is 12.1 Å². The van der Waals surface area contributed by atoms with Gasteiger partial charge in [-0.2, -0.15) is 4.72 Å². The fraction of sp³-hybridized carbons (Fsp3) is 0.105. The first-order valence-corrected chi connectivity index (χ1v) is 10.1. The summed E-state index contributed by atoms with van der Waals surface area (Å²) >= 11 is 1.49. The topological polar surface area (TPSA) is 63.2 Å². The van der Waals surface area contributed by atoms with Crippen molar-refractivity contribution in [3.63, 3.8) is 0 Å². The van der Waals surface area contributed by atoms with E-state index in [0.29, 0.717) is 5.56 Å². The lowest BCUT2D eigenvalue weighted by molar-refractivity contribution is 0.101. The van der Waals surface area contributed by atoms with Crippen LogP contribution in [0.3, 0.4) is 0 Å². The summed E-state index contributed by atoms with van der Waals surface area (Å²) in [5.41, 5.74) is 1.23. The first kappa shape index (κ1) is 17.5. The Balaban J connectivity index is 1.99. The van der Waals surface area contributed by atoms with Crippen LogP contribution in [0.4, 0.5) is 0 Å². The van der Waals surface area contributed by atoms with Crippen LogP contribution in [-0.4, -0.2) is 14.2 Å². The number of nitrogens with one attached hydrogen (secondary N) is 1. The zero-order valence-corrected chi connectivity index (χ0v) is 15.2. The predicted molar refractivity (Wildman–Crippen MR) is 99.4 cm³/mol. The first-order valence-electron chi connectivity index (χ1n) is 7.69. The Hall–Kier alpha value is -2.28. The standard InChI is InChI=1S/C19H17NO3S2/c1-14(21)16-9-5-10-17(13-16)25(22,23)20-19(18-11-6-12-24-18)15-7-3-2-4-8-15/h2-13,19-20H,1H3/t19-/m0/s1. The Kier molecular flexibility index (Phi) is 5.13. The highest BCUT2D eigenvalue weighted by molar-refractivity contribution is 7.89. The van der Waals surface area contributed by atoms with E-state index in [2.05, 4.69) is 4.72 Å². The molecule has 0 aliphatic rings. The van der Waals surface area contributed by atoms with E-state index in [-0.39, 0.29) is 10.7 Å². The second kappa shape index (κ2) is 7.31. The van der Waals surface area contributed by atoms with E-state index in [0.717, 1.165) is 10.4 Å². The lowest BCUT2D eigenvalue weighted by atomic mass is 10.1. The van der Waals surface area contributed by atoms with Crippen LogP contribution < -0.4 is 4.72 Å². The molecule has 3 rings (SSSR count). The van der Waals surface area contributed by atoms with Gasteiger partial charge in [0.2, 0.25) is 10.0 Å². The quantitative estimate of drug-likeness (QED) is 0.666. The average molecular weight is 371 g/mol. The van der Waals surface area contributed by atoms with Gasteiger partial charge in [0.25, 0.3) is 0 Å². The largest absolute Gasteiger partial charge is 0.295 e. The molecule has 1 atom stereocenters. The lowest BCUT2D eigenvalue weighted by Gasteiger charge is -2.18. The maximum atomic E-state index is 12.9. The third kappa shape index (κ3) is 4.04. The molecular weight excluding hydrogens is 354 g/mol. The zero-order chi connectivity index (χ0) is 17.9. The number of benzene rings is 2. The van der Waals surface area contributed by atoms with Gasteiger partial charge >= 0.3 is 0 Å². The van der Waals surface area contributed by atoms with E-state index in [4.69, 9.17) is 0 Å². The van der Waals surface area contributed by atoms with Crippen molar-refractivity contribution < 1.29 is 13.2 Å². The Morgan fingerprint density at radius 2 is 1.76 bits per heavy atom. The summed E-state index contributed by atoms with van der Waals surface area (Å²) in [6.07, 6.45) is 0. The molecule has 3 aromatic rings. The highest BCUT2D eigenvalue weighted by atomic mass is 32.2. The van der Waals surface area contributed by atoms with Crippen LogP contribution in [-0.2, 0) is 10.0 Å². The second-order valence-corrected chi connectivity index (χ2v) is 8.26. The molecular formula is C19H17NO3S2. The fourth-order valence-electron chi connectivity index (χ4n) is 2.50. The van der Waals surface area contributed by atoms with Gasteiger partial charge in [-0.25, -0.2) is 8.42 Å². The zero-order valence-electron chi connectivity index (χ0n) is 13.5. The summed E-state index contributed by atoms with van der Waals surface area (Å²) in [7, 11) is -3.79. The van der Waals surface area contributed by atoms with E-state index in [1.165, 1.54) is 30.4 Å². The van der Waals surface area contributed by atoms with E-state index >= 15 is 0 Å². The van der Waals surface area contributed by atoms with Gasteiger partial charge in [-0.1, -0.05) is 48.5 Å². The van der Waals surface area contributed by atoms with Crippen LogP contribution in [0.2, 0.25) is 0 Å². The van der Waals surface area contributed by atoms with Crippen molar-refractivity contribution in [1.29, 1.82) is 0 Å². The van der Waals surface area contributed by atoms with E-state index in [1.807, 2.05) is 47.8 Å². The van der Waals surface area contributed by atoms with Crippen LogP contribution in [0.5, 0.6) is 0 Å². The van der Waals surface area contributed by atoms with Gasteiger partial charge in [0.15, 0.2) is 5.78 Å². The second-order valence-electron chi connectivity index (χ2n) is 5.56. The van der Waals surface area contributed by atoms with Crippen molar-refractivity contribution in [2.24, 2.45) is 0 Å². The van der Waals surface area contributed by atoms with Gasteiger partial charge in [-0.05, 0) is 36.1 Å². The number of carbonyl (C=O) groups excluding carboxylic acids is 1. The van der Waals surface area contributed by atoms with Gasteiger partial charge in [-0.3, -0.25) is 4.79 Å². The molecule has 6 heteroatoms. The molecule has 0 spiro atoms. The number of sulfonamides is 1. The maximum absolute atomic E-state index is 12.9. The van der Waals surface area contributed by atoms with E-state index in [9.17, 15) is 13.2 Å². The van der Waals surface area contributed by atoms with Crippen LogP contribution in [0.25, 0.3) is 0 Å². The summed E-state index contributed by atoms with van der Waals surface area (Å²) in [6, 6.07) is 18.8. The average Bonchev–Trinajstić information content (AvgIpc) is 3.15. The van der Waals surface area contributed by atoms with Gasteiger partial charge in [0, 0.05) is 10.4 Å². The van der Waals surface area contributed by atoms with Crippen molar-refractivity contribution >= 4 is 27.1 Å². The minimum absolute atomic E-state index is 0.0812. The monoisotopic (exact) mass is 371 g/mol. The molecule has 1 heterocycles. The SMILES string of the molecule is CC(=O)c1cccc(S(=O)(=O)N[C@@H](c2ccccc2)c2cccs2)c1. The molecule has 0 amide bonds. The van der Waals surface area contributed by atoms with Crippen molar-refractivity contribution in [3.8, 4) is 0 Å². The molecule has 128 valence electrons. The molecule has 0 saturated carbocycles. The van der Waals surface area contributed by atoms with Gasteiger partial charge in [-0.15, -0.1) is 11.3 Å². The molecule has 0 unspecified atom stereocenters. The summed E-state index contributed by atoms with van der Waals surface area (Å²) in [5, 5.41) is 1.91. The molecule has 2 aromatic carbocycles. The maximum Gasteiger partial charge on any atom is 0.241 e. The van der Waals surface area contributed by atoms with Gasteiger partial charge in [0.1, 0.15) is 0 Å². The number of carbonyl (C=O) groups is 1. The van der Waals surface area contributed by atoms with Gasteiger partial charge in [0.05, 0.1) is 10.9 Å². The smallest absolute Gasteiger partial charge is 0.241 e. The summed E-state index contributed by atoms with van der Waals surface area (Å²) in [6.45, 7) is 1.41. The van der Waals surface area contributed by atoms with Crippen LogP contribution in [0.1, 0.15) is 33.8 Å². The summed E-state index contributed by atoms with van der Waals surface area (Å²) in [5.74, 6) is -0.171. The number of thiophene rings is 1. The molecule has 0 aliphatic heterocycles. The van der Waals surface area contributed by atoms with Crippen LogP contribution in [0.15, 0.2) is 77.0 Å². The number of rotatable bonds is 6. The third-order valence-corrected chi connectivity index (χ3v) is 6.14. The first-order chi connectivity index (χ1) is 12.0. The Morgan fingerprint density at radius 1 is 1.00 bits per heavy atom. The minimum Gasteiger partial charge on any atom is -0.295 e. The Labute approximate surface area is 151 Å². The normalized spacial score (nSPS) is 12.7. The number of hydrogen-bond donors (Lipinski definition) is 1. The molecule has 0 radical (unpaired) electrons. The fourth-order valence-corrected chi connectivity index (χ4v) is 4.62. The summed E-state index contributed by atoms with van der Waals surface area (Å²) < 4.78 is 28.5. The Morgan fingerprint density at radius 3 is 2.40 bits per heavy atom. The summed E-state index contributed by atoms with van der Waals surface area (Å²) in [4.78, 5) is 12.5.